The van der Waals surface area contributed by atoms with Crippen LogP contribution in [0, 0.1) is 5.92 Å². The summed E-state index contributed by atoms with van der Waals surface area (Å²) in [5, 5.41) is 8.56. The molecule has 48 valence electrons. The van der Waals surface area contributed by atoms with Gasteiger partial charge in [0.1, 0.15) is 0 Å². The summed E-state index contributed by atoms with van der Waals surface area (Å²) in [6.07, 6.45) is 1.15. The van der Waals surface area contributed by atoms with Crippen molar-refractivity contribution in [3.8, 4) is 0 Å². The van der Waals surface area contributed by atoms with E-state index in [1.165, 1.54) is 0 Å². The molecule has 1 aliphatic rings. The summed E-state index contributed by atoms with van der Waals surface area (Å²) in [5.74, 6) is 0.646. The first kappa shape index (κ1) is 6.05. The van der Waals surface area contributed by atoms with Gasteiger partial charge in [-0.25, -0.2) is 0 Å². The Hall–Kier alpha value is -0.0800. The fourth-order valence-electron chi connectivity index (χ4n) is 1.01. The Labute approximate surface area is 49.5 Å². The largest absolute Gasteiger partial charge is 0.394 e. The van der Waals surface area contributed by atoms with E-state index >= 15 is 0 Å². The highest BCUT2D eigenvalue weighted by Crippen LogP contribution is 2.17. The minimum atomic E-state index is 0.130. The monoisotopic (exact) mass is 116 g/mol. The van der Waals surface area contributed by atoms with Gasteiger partial charge in [0.15, 0.2) is 0 Å². The molecule has 0 unspecified atom stereocenters. The molecule has 1 saturated heterocycles. The number of ether oxygens (including phenoxy) is 1. The van der Waals surface area contributed by atoms with Crippen LogP contribution < -0.4 is 0 Å². The van der Waals surface area contributed by atoms with Crippen molar-refractivity contribution in [1.82, 2.24) is 0 Å². The van der Waals surface area contributed by atoms with Crippen molar-refractivity contribution >= 4 is 0 Å². The molecule has 0 radical (unpaired) electrons. The van der Waals surface area contributed by atoms with Crippen LogP contribution in [-0.4, -0.2) is 24.4 Å². The van der Waals surface area contributed by atoms with Crippen molar-refractivity contribution in [2.45, 2.75) is 19.4 Å². The third kappa shape index (κ3) is 1.20. The van der Waals surface area contributed by atoms with E-state index in [9.17, 15) is 0 Å². The van der Waals surface area contributed by atoms with Crippen molar-refractivity contribution in [2.75, 3.05) is 13.2 Å². The van der Waals surface area contributed by atoms with E-state index in [0.29, 0.717) is 5.92 Å². The molecule has 1 N–H and O–H groups in total. The lowest BCUT2D eigenvalue weighted by Crippen LogP contribution is -2.09. The van der Waals surface area contributed by atoms with Crippen LogP contribution in [0.15, 0.2) is 0 Å². The summed E-state index contributed by atoms with van der Waals surface area (Å²) in [4.78, 5) is 0. The van der Waals surface area contributed by atoms with Crippen LogP contribution in [0.25, 0.3) is 0 Å². The maximum atomic E-state index is 8.56. The molecule has 2 heteroatoms. The number of aliphatic hydroxyl groups is 1. The van der Waals surface area contributed by atoms with Gasteiger partial charge >= 0.3 is 0 Å². The maximum absolute atomic E-state index is 8.56. The summed E-state index contributed by atoms with van der Waals surface area (Å²) >= 11 is 0. The minimum Gasteiger partial charge on any atom is -0.394 e. The summed E-state index contributed by atoms with van der Waals surface area (Å²) in [5.41, 5.74) is 0. The summed E-state index contributed by atoms with van der Waals surface area (Å²) in [6, 6.07) is 0. The van der Waals surface area contributed by atoms with Crippen molar-refractivity contribution in [2.24, 2.45) is 5.92 Å². The van der Waals surface area contributed by atoms with E-state index in [4.69, 9.17) is 9.84 Å². The second-order valence-corrected chi connectivity index (χ2v) is 2.48. The topological polar surface area (TPSA) is 29.5 Å². The number of hydrogen-bond donors (Lipinski definition) is 1. The van der Waals surface area contributed by atoms with Gasteiger partial charge in [-0.15, -0.1) is 0 Å². The molecule has 0 aliphatic carbocycles. The third-order valence-corrected chi connectivity index (χ3v) is 1.49. The van der Waals surface area contributed by atoms with Gasteiger partial charge in [0.05, 0.1) is 12.7 Å². The molecule has 0 saturated carbocycles. The molecule has 0 amide bonds. The fraction of sp³-hybridized carbons (Fsp3) is 1.00. The van der Waals surface area contributed by atoms with Crippen molar-refractivity contribution in [3.63, 3.8) is 0 Å². The molecule has 1 heterocycles. The Kier molecular flexibility index (Phi) is 1.86. The Morgan fingerprint density at radius 2 is 2.50 bits per heavy atom. The minimum absolute atomic E-state index is 0.130. The molecule has 0 spiro atoms. The zero-order chi connectivity index (χ0) is 5.98. The number of rotatable bonds is 1. The first-order valence-corrected chi connectivity index (χ1v) is 3.05. The molecule has 8 heavy (non-hydrogen) atoms. The van der Waals surface area contributed by atoms with Gasteiger partial charge in [-0.05, 0) is 12.3 Å². The van der Waals surface area contributed by atoms with E-state index in [2.05, 4.69) is 6.92 Å². The highest BCUT2D eigenvalue weighted by atomic mass is 16.5. The molecule has 1 fully saturated rings. The SMILES string of the molecule is C[C@@H]1CO[C@@H](CO)C1. The Morgan fingerprint density at radius 1 is 1.75 bits per heavy atom. The predicted molar refractivity (Wildman–Crippen MR) is 30.6 cm³/mol. The van der Waals surface area contributed by atoms with Gasteiger partial charge in [0, 0.05) is 6.61 Å². The van der Waals surface area contributed by atoms with Crippen molar-refractivity contribution in [1.29, 1.82) is 0 Å². The smallest absolute Gasteiger partial charge is 0.0809 e. The lowest BCUT2D eigenvalue weighted by molar-refractivity contribution is 0.0576. The van der Waals surface area contributed by atoms with Crippen LogP contribution in [0.1, 0.15) is 13.3 Å². The van der Waals surface area contributed by atoms with Gasteiger partial charge in [-0.1, -0.05) is 6.92 Å². The highest BCUT2D eigenvalue weighted by molar-refractivity contribution is 4.68. The Bertz CT molecular complexity index is 72.9. The zero-order valence-corrected chi connectivity index (χ0v) is 5.13. The van der Waals surface area contributed by atoms with Crippen LogP contribution in [0.4, 0.5) is 0 Å². The quantitative estimate of drug-likeness (QED) is 0.537. The Morgan fingerprint density at radius 3 is 2.75 bits per heavy atom. The zero-order valence-electron chi connectivity index (χ0n) is 5.13. The molecular formula is C6H12O2. The molecule has 0 aromatic carbocycles. The average Bonchev–Trinajstić information content (AvgIpc) is 2.14. The summed E-state index contributed by atoms with van der Waals surface area (Å²) in [7, 11) is 0. The fourth-order valence-corrected chi connectivity index (χ4v) is 1.01. The van der Waals surface area contributed by atoms with E-state index in [-0.39, 0.29) is 12.7 Å². The number of aliphatic hydroxyl groups excluding tert-OH is 1. The average molecular weight is 116 g/mol. The maximum Gasteiger partial charge on any atom is 0.0809 e. The molecule has 1 aliphatic heterocycles. The van der Waals surface area contributed by atoms with E-state index < -0.39 is 0 Å². The Balaban J connectivity index is 2.22. The molecule has 0 bridgehead atoms. The van der Waals surface area contributed by atoms with E-state index in [0.717, 1.165) is 13.0 Å². The van der Waals surface area contributed by atoms with Gasteiger partial charge < -0.3 is 9.84 Å². The van der Waals surface area contributed by atoms with Gasteiger partial charge in [0.2, 0.25) is 0 Å². The first-order valence-electron chi connectivity index (χ1n) is 3.05. The second kappa shape index (κ2) is 2.46. The molecule has 0 aromatic heterocycles. The normalized spacial score (nSPS) is 38.2. The van der Waals surface area contributed by atoms with Gasteiger partial charge in [0.25, 0.3) is 0 Å². The van der Waals surface area contributed by atoms with Crippen LogP contribution in [-0.2, 0) is 4.74 Å². The summed E-state index contributed by atoms with van der Waals surface area (Å²) < 4.78 is 5.16. The lowest BCUT2D eigenvalue weighted by Gasteiger charge is -2.01. The lowest BCUT2D eigenvalue weighted by atomic mass is 10.1. The summed E-state index contributed by atoms with van der Waals surface area (Å²) in [6.45, 7) is 3.14. The predicted octanol–water partition coefficient (Wildman–Crippen LogP) is 0.404. The van der Waals surface area contributed by atoms with E-state index in [1.807, 2.05) is 0 Å². The highest BCUT2D eigenvalue weighted by Gasteiger charge is 2.20. The standard InChI is InChI=1S/C6H12O2/c1-5-2-6(3-7)8-4-5/h5-7H,2-4H2,1H3/t5-,6+/m0/s1. The van der Waals surface area contributed by atoms with Crippen LogP contribution in [0.2, 0.25) is 0 Å². The molecule has 1 rings (SSSR count). The van der Waals surface area contributed by atoms with Crippen LogP contribution in [0.5, 0.6) is 0 Å². The molecule has 0 aromatic rings. The third-order valence-electron chi connectivity index (χ3n) is 1.49. The number of hydrogen-bond acceptors (Lipinski definition) is 2. The van der Waals surface area contributed by atoms with Gasteiger partial charge in [-0.2, -0.15) is 0 Å². The second-order valence-electron chi connectivity index (χ2n) is 2.48. The van der Waals surface area contributed by atoms with Gasteiger partial charge in [-0.3, -0.25) is 0 Å². The van der Waals surface area contributed by atoms with Crippen molar-refractivity contribution in [3.05, 3.63) is 0 Å². The first-order chi connectivity index (χ1) is 3.83. The molecule has 2 atom stereocenters. The molecular weight excluding hydrogens is 104 g/mol. The van der Waals surface area contributed by atoms with Crippen LogP contribution in [0.3, 0.4) is 0 Å². The van der Waals surface area contributed by atoms with E-state index in [1.54, 1.807) is 0 Å². The molecule has 2 nitrogen and oxygen atoms in total. The van der Waals surface area contributed by atoms with Crippen LogP contribution >= 0.6 is 0 Å². The van der Waals surface area contributed by atoms with Crippen molar-refractivity contribution < 1.29 is 9.84 Å².